The number of hydrogen-bond donors (Lipinski definition) is 2. The van der Waals surface area contributed by atoms with E-state index >= 15 is 0 Å². The van der Waals surface area contributed by atoms with Crippen LogP contribution in [-0.2, 0) is 22.6 Å². The van der Waals surface area contributed by atoms with Gasteiger partial charge in [0.05, 0.1) is 23.7 Å². The fourth-order valence-electron chi connectivity index (χ4n) is 5.29. The molecule has 0 saturated carbocycles. The van der Waals surface area contributed by atoms with Crippen LogP contribution < -0.4 is 10.5 Å². The molecule has 40 heavy (non-hydrogen) atoms. The van der Waals surface area contributed by atoms with Crippen LogP contribution in [0.5, 0.6) is 5.75 Å². The number of carbonyl (C=O) groups is 2. The number of para-hydroxylation sites is 1. The summed E-state index contributed by atoms with van der Waals surface area (Å²) in [5.74, 6) is 0.215. The maximum atomic E-state index is 12.2. The summed E-state index contributed by atoms with van der Waals surface area (Å²) >= 11 is 0. The van der Waals surface area contributed by atoms with E-state index < -0.39 is 5.97 Å². The Kier molecular flexibility index (Phi) is 6.55. The van der Waals surface area contributed by atoms with E-state index in [4.69, 9.17) is 15.6 Å². The molecule has 3 N–H and O–H groups in total. The summed E-state index contributed by atoms with van der Waals surface area (Å²) in [5, 5.41) is 17.1. The Hall–Kier alpha value is -4.92. The molecule has 1 fully saturated rings. The molecule has 1 amide bonds. The number of carboxylic acid groups (broad SMARTS) is 1. The molecular weight excluding hydrogens is 506 g/mol. The van der Waals surface area contributed by atoms with E-state index in [0.717, 1.165) is 38.5 Å². The number of carbonyl (C=O) groups excluding carboxylic acids is 1. The van der Waals surface area contributed by atoms with Gasteiger partial charge in [0, 0.05) is 42.0 Å². The number of aliphatic carboxylic acids is 1. The summed E-state index contributed by atoms with van der Waals surface area (Å²) in [7, 11) is 0. The molecule has 1 aliphatic heterocycles. The molecule has 3 heterocycles. The number of fused-ring (bicyclic) bond motifs is 2. The first-order chi connectivity index (χ1) is 19.4. The minimum atomic E-state index is -0.919. The summed E-state index contributed by atoms with van der Waals surface area (Å²) in [6.45, 7) is 3.24. The zero-order chi connectivity index (χ0) is 27.8. The zero-order valence-electron chi connectivity index (χ0n) is 22.1. The number of ether oxygens (including phenoxy) is 1. The molecular formula is C31H29N5O4. The van der Waals surface area contributed by atoms with Crippen molar-refractivity contribution < 1.29 is 19.4 Å². The fourth-order valence-corrected chi connectivity index (χ4v) is 5.29. The number of anilines is 1. The normalized spacial score (nSPS) is 13.5. The highest BCUT2D eigenvalue weighted by molar-refractivity contribution is 5.95. The minimum Gasteiger partial charge on any atom is -0.487 e. The summed E-state index contributed by atoms with van der Waals surface area (Å²) in [6, 6.07) is 21.4. The predicted octanol–water partition coefficient (Wildman–Crippen LogP) is 4.83. The average molecular weight is 536 g/mol. The Morgan fingerprint density at radius 1 is 1.02 bits per heavy atom. The Morgan fingerprint density at radius 3 is 2.55 bits per heavy atom. The molecule has 6 rings (SSSR count). The number of rotatable bonds is 8. The lowest BCUT2D eigenvalue weighted by Gasteiger charge is -2.39. The van der Waals surface area contributed by atoms with Crippen LogP contribution in [0.4, 0.5) is 5.82 Å². The standard InChI is InChI=1S/C31H29N5O4/c1-2-29(37)35-16-23(17-35)36-27(18-40-28-6-4-3-5-22(28)15-30(38)39)25-14-21(9-10-26(25)34-36)20-8-7-19-11-12-33-31(32)24(19)13-20/h3-14,23H,2,15-18H2,1H3,(H2,32,33)(H,38,39). The van der Waals surface area contributed by atoms with E-state index in [1.807, 2.05) is 52.9 Å². The van der Waals surface area contributed by atoms with Crippen LogP contribution in [0.3, 0.4) is 0 Å². The largest absolute Gasteiger partial charge is 0.487 e. The van der Waals surface area contributed by atoms with Gasteiger partial charge >= 0.3 is 5.97 Å². The Morgan fingerprint density at radius 2 is 1.77 bits per heavy atom. The second-order valence-corrected chi connectivity index (χ2v) is 10.0. The minimum absolute atomic E-state index is 0.0331. The van der Waals surface area contributed by atoms with Crippen LogP contribution in [-0.4, -0.2) is 49.7 Å². The lowest BCUT2D eigenvalue weighted by molar-refractivity contribution is -0.137. The molecule has 1 saturated heterocycles. The average Bonchev–Trinajstić information content (AvgIpc) is 3.28. The third kappa shape index (κ3) is 4.70. The highest BCUT2D eigenvalue weighted by Crippen LogP contribution is 2.33. The molecule has 0 bridgehead atoms. The summed E-state index contributed by atoms with van der Waals surface area (Å²) in [6.07, 6.45) is 2.05. The maximum Gasteiger partial charge on any atom is 0.307 e. The molecule has 0 radical (unpaired) electrons. The van der Waals surface area contributed by atoms with Crippen molar-refractivity contribution in [3.63, 3.8) is 0 Å². The highest BCUT2D eigenvalue weighted by Gasteiger charge is 2.33. The number of carboxylic acids is 1. The number of pyridine rings is 1. The first kappa shape index (κ1) is 25.4. The van der Waals surface area contributed by atoms with Crippen molar-refractivity contribution in [3.05, 3.63) is 84.2 Å². The first-order valence-electron chi connectivity index (χ1n) is 13.3. The Balaban J connectivity index is 1.39. The van der Waals surface area contributed by atoms with E-state index in [0.29, 0.717) is 36.6 Å². The van der Waals surface area contributed by atoms with Crippen molar-refractivity contribution in [1.29, 1.82) is 0 Å². The van der Waals surface area contributed by atoms with Gasteiger partial charge in [0.15, 0.2) is 0 Å². The van der Waals surface area contributed by atoms with Crippen molar-refractivity contribution in [2.45, 2.75) is 32.4 Å². The first-order valence-corrected chi connectivity index (χ1v) is 13.3. The number of amides is 1. The maximum absolute atomic E-state index is 12.2. The van der Waals surface area contributed by atoms with E-state index in [1.54, 1.807) is 24.4 Å². The molecule has 0 spiro atoms. The van der Waals surface area contributed by atoms with E-state index in [9.17, 15) is 14.7 Å². The van der Waals surface area contributed by atoms with Crippen molar-refractivity contribution in [2.75, 3.05) is 18.8 Å². The van der Waals surface area contributed by atoms with E-state index in [2.05, 4.69) is 17.1 Å². The van der Waals surface area contributed by atoms with Crippen LogP contribution in [0.25, 0.3) is 32.8 Å². The van der Waals surface area contributed by atoms with Crippen molar-refractivity contribution >= 4 is 39.4 Å². The van der Waals surface area contributed by atoms with Gasteiger partial charge in [0.25, 0.3) is 0 Å². The van der Waals surface area contributed by atoms with Crippen LogP contribution in [0.15, 0.2) is 72.9 Å². The van der Waals surface area contributed by atoms with Crippen molar-refractivity contribution in [2.24, 2.45) is 0 Å². The van der Waals surface area contributed by atoms with Gasteiger partial charge in [-0.25, -0.2) is 4.98 Å². The third-order valence-electron chi connectivity index (χ3n) is 7.47. The highest BCUT2D eigenvalue weighted by atomic mass is 16.5. The molecule has 0 atom stereocenters. The van der Waals surface area contributed by atoms with E-state index in [1.165, 1.54) is 0 Å². The fraction of sp³-hybridized carbons (Fsp3) is 0.226. The second kappa shape index (κ2) is 10.3. The number of aromatic nitrogens is 3. The van der Waals surface area contributed by atoms with E-state index in [-0.39, 0.29) is 25.0 Å². The van der Waals surface area contributed by atoms with Gasteiger partial charge < -0.3 is 20.5 Å². The summed E-state index contributed by atoms with van der Waals surface area (Å²) in [5.41, 5.74) is 10.5. The monoisotopic (exact) mass is 535 g/mol. The molecule has 9 nitrogen and oxygen atoms in total. The molecule has 1 aliphatic rings. The SMILES string of the molecule is CCC(=O)N1CC(n2nc3ccc(-c4ccc5ccnc(N)c5c4)cc3c2COc2ccccc2CC(=O)O)C1. The smallest absolute Gasteiger partial charge is 0.307 e. The van der Waals surface area contributed by atoms with Gasteiger partial charge in [0.1, 0.15) is 18.2 Å². The van der Waals surface area contributed by atoms with Gasteiger partial charge in [0.2, 0.25) is 5.91 Å². The molecule has 0 aliphatic carbocycles. The number of hydrogen-bond acceptors (Lipinski definition) is 6. The summed E-state index contributed by atoms with van der Waals surface area (Å²) in [4.78, 5) is 29.7. The topological polar surface area (TPSA) is 124 Å². The predicted molar refractivity (Wildman–Crippen MR) is 153 cm³/mol. The molecule has 3 aromatic carbocycles. The van der Waals surface area contributed by atoms with Gasteiger partial charge in [-0.2, -0.15) is 5.10 Å². The number of nitrogen functional groups attached to an aromatic ring is 1. The molecule has 9 heteroatoms. The zero-order valence-corrected chi connectivity index (χ0v) is 22.1. The summed E-state index contributed by atoms with van der Waals surface area (Å²) < 4.78 is 8.20. The lowest BCUT2D eigenvalue weighted by Crippen LogP contribution is -2.51. The van der Waals surface area contributed by atoms with Crippen LogP contribution in [0.2, 0.25) is 0 Å². The van der Waals surface area contributed by atoms with Crippen LogP contribution >= 0.6 is 0 Å². The quantitative estimate of drug-likeness (QED) is 0.292. The van der Waals surface area contributed by atoms with Crippen molar-refractivity contribution in [3.8, 4) is 16.9 Å². The lowest BCUT2D eigenvalue weighted by atomic mass is 10.00. The van der Waals surface area contributed by atoms with Gasteiger partial charge in [-0.05, 0) is 46.8 Å². The number of likely N-dealkylation sites (tertiary alicyclic amines) is 1. The molecule has 2 aromatic heterocycles. The molecule has 5 aromatic rings. The van der Waals surface area contributed by atoms with Crippen LogP contribution in [0, 0.1) is 0 Å². The molecule has 0 unspecified atom stereocenters. The second-order valence-electron chi connectivity index (χ2n) is 10.0. The van der Waals surface area contributed by atoms with Gasteiger partial charge in [-0.1, -0.05) is 43.3 Å². The number of benzene rings is 3. The number of nitrogens with zero attached hydrogens (tertiary/aromatic N) is 4. The Labute approximate surface area is 230 Å². The molecule has 202 valence electrons. The van der Waals surface area contributed by atoms with Crippen LogP contribution in [0.1, 0.15) is 30.6 Å². The third-order valence-corrected chi connectivity index (χ3v) is 7.47. The number of nitrogens with two attached hydrogens (primary N) is 1. The van der Waals surface area contributed by atoms with Gasteiger partial charge in [-0.3, -0.25) is 14.3 Å². The van der Waals surface area contributed by atoms with Crippen molar-refractivity contribution in [1.82, 2.24) is 19.7 Å². The van der Waals surface area contributed by atoms with Gasteiger partial charge in [-0.15, -0.1) is 0 Å². The Bertz CT molecular complexity index is 1760.